The first-order valence-electron chi connectivity index (χ1n) is 7.63. The fourth-order valence-corrected chi connectivity index (χ4v) is 2.45. The van der Waals surface area contributed by atoms with E-state index in [0.717, 1.165) is 12.0 Å². The van der Waals surface area contributed by atoms with Gasteiger partial charge in [0.15, 0.2) is 0 Å². The van der Waals surface area contributed by atoms with E-state index in [1.165, 1.54) is 0 Å². The largest absolute Gasteiger partial charge is 0.396 e. The predicted molar refractivity (Wildman–Crippen MR) is 93.6 cm³/mol. The molecule has 0 saturated heterocycles. The van der Waals surface area contributed by atoms with Crippen molar-refractivity contribution in [3.63, 3.8) is 0 Å². The summed E-state index contributed by atoms with van der Waals surface area (Å²) in [6.45, 7) is 0.343. The maximum absolute atomic E-state index is 12.1. The number of aliphatic hydroxyl groups excluding tert-OH is 1. The molecule has 0 aliphatic rings. The topological polar surface area (TPSA) is 61.4 Å². The lowest BCUT2D eigenvalue weighted by Crippen LogP contribution is -2.31. The number of hydrogen-bond acceptors (Lipinski definition) is 3. The Hall–Kier alpha value is -1.88. The third-order valence-corrected chi connectivity index (χ3v) is 3.74. The van der Waals surface area contributed by atoms with Crippen LogP contribution in [0, 0.1) is 0 Å². The zero-order chi connectivity index (χ0) is 16.5. The number of carbonyl (C=O) groups is 1. The molecule has 0 radical (unpaired) electrons. The normalized spacial score (nSPS) is 11.9. The van der Waals surface area contributed by atoms with E-state index in [1.807, 2.05) is 30.3 Å². The standard InChI is InChI=1S/C18H21ClN2O2/c19-15-8-10-16(11-9-15)21-18(23)13-20-17(7-4-12-22)14-5-2-1-3-6-14/h1-3,5-6,8-11,17,20,22H,4,7,12-13H2,(H,21,23). The van der Waals surface area contributed by atoms with Crippen LogP contribution in [0.15, 0.2) is 54.6 Å². The number of amides is 1. The third-order valence-electron chi connectivity index (χ3n) is 3.49. The Kier molecular flexibility index (Phi) is 7.07. The minimum Gasteiger partial charge on any atom is -0.396 e. The summed E-state index contributed by atoms with van der Waals surface area (Å²) >= 11 is 5.82. The molecule has 0 bridgehead atoms. The minimum absolute atomic E-state index is 0.0410. The van der Waals surface area contributed by atoms with E-state index in [0.29, 0.717) is 17.1 Å². The molecule has 0 spiro atoms. The second kappa shape index (κ2) is 9.30. The van der Waals surface area contributed by atoms with Crippen LogP contribution in [-0.4, -0.2) is 24.2 Å². The maximum Gasteiger partial charge on any atom is 0.238 e. The first kappa shape index (κ1) is 17.5. The minimum atomic E-state index is -0.114. The fraction of sp³-hybridized carbons (Fsp3) is 0.278. The highest BCUT2D eigenvalue weighted by Gasteiger charge is 2.12. The molecule has 1 unspecified atom stereocenters. The monoisotopic (exact) mass is 332 g/mol. The zero-order valence-electron chi connectivity index (χ0n) is 12.8. The van der Waals surface area contributed by atoms with Crippen LogP contribution in [0.2, 0.25) is 5.02 Å². The van der Waals surface area contributed by atoms with Crippen molar-refractivity contribution in [1.29, 1.82) is 0 Å². The van der Waals surface area contributed by atoms with Crippen molar-refractivity contribution < 1.29 is 9.90 Å². The molecule has 0 fully saturated rings. The average Bonchev–Trinajstić information content (AvgIpc) is 2.58. The molecule has 5 heteroatoms. The summed E-state index contributed by atoms with van der Waals surface area (Å²) in [6.07, 6.45) is 1.46. The summed E-state index contributed by atoms with van der Waals surface area (Å²) in [5.74, 6) is -0.114. The molecule has 0 saturated carbocycles. The number of benzene rings is 2. The van der Waals surface area contributed by atoms with E-state index in [9.17, 15) is 4.79 Å². The lowest BCUT2D eigenvalue weighted by atomic mass is 10.0. The van der Waals surface area contributed by atoms with Gasteiger partial charge in [-0.15, -0.1) is 0 Å². The number of carbonyl (C=O) groups excluding carboxylic acids is 1. The van der Waals surface area contributed by atoms with Crippen molar-refractivity contribution in [2.75, 3.05) is 18.5 Å². The van der Waals surface area contributed by atoms with Crippen molar-refractivity contribution in [2.24, 2.45) is 0 Å². The van der Waals surface area contributed by atoms with Gasteiger partial charge in [0.05, 0.1) is 6.54 Å². The Morgan fingerprint density at radius 2 is 1.78 bits per heavy atom. The molecule has 2 rings (SSSR count). The molecule has 4 nitrogen and oxygen atoms in total. The third kappa shape index (κ3) is 6.02. The average molecular weight is 333 g/mol. The molecule has 0 aliphatic heterocycles. The van der Waals surface area contributed by atoms with Crippen LogP contribution in [0.3, 0.4) is 0 Å². The summed E-state index contributed by atoms with van der Waals surface area (Å²) in [5.41, 5.74) is 1.83. The van der Waals surface area contributed by atoms with Crippen molar-refractivity contribution in [3.05, 3.63) is 65.2 Å². The first-order valence-corrected chi connectivity index (χ1v) is 8.01. The number of aliphatic hydroxyl groups is 1. The van der Waals surface area contributed by atoms with Gasteiger partial charge in [0.25, 0.3) is 0 Å². The molecule has 1 amide bonds. The van der Waals surface area contributed by atoms with Gasteiger partial charge in [-0.2, -0.15) is 0 Å². The Morgan fingerprint density at radius 1 is 1.09 bits per heavy atom. The quantitative estimate of drug-likeness (QED) is 0.694. The van der Waals surface area contributed by atoms with E-state index >= 15 is 0 Å². The Bertz CT molecular complexity index is 602. The molecule has 23 heavy (non-hydrogen) atoms. The smallest absolute Gasteiger partial charge is 0.238 e. The zero-order valence-corrected chi connectivity index (χ0v) is 13.6. The van der Waals surface area contributed by atoms with Gasteiger partial charge in [-0.25, -0.2) is 0 Å². The Labute approximate surface area is 141 Å². The van der Waals surface area contributed by atoms with Crippen LogP contribution >= 0.6 is 11.6 Å². The highest BCUT2D eigenvalue weighted by molar-refractivity contribution is 6.30. The van der Waals surface area contributed by atoms with Gasteiger partial charge in [-0.3, -0.25) is 4.79 Å². The number of nitrogens with one attached hydrogen (secondary N) is 2. The summed E-state index contributed by atoms with van der Waals surface area (Å²) in [7, 11) is 0. The number of anilines is 1. The highest BCUT2D eigenvalue weighted by Crippen LogP contribution is 2.18. The first-order chi connectivity index (χ1) is 11.2. The van der Waals surface area contributed by atoms with Crippen LogP contribution in [0.25, 0.3) is 0 Å². The number of hydrogen-bond donors (Lipinski definition) is 3. The summed E-state index contributed by atoms with van der Waals surface area (Å²) < 4.78 is 0. The van der Waals surface area contributed by atoms with E-state index < -0.39 is 0 Å². The molecule has 2 aromatic rings. The number of halogens is 1. The molecule has 3 N–H and O–H groups in total. The van der Waals surface area contributed by atoms with Crippen molar-refractivity contribution >= 4 is 23.2 Å². The lowest BCUT2D eigenvalue weighted by Gasteiger charge is -2.18. The van der Waals surface area contributed by atoms with Gasteiger partial charge >= 0.3 is 0 Å². The van der Waals surface area contributed by atoms with Gasteiger partial charge in [0.1, 0.15) is 0 Å². The van der Waals surface area contributed by atoms with Crippen LogP contribution < -0.4 is 10.6 Å². The van der Waals surface area contributed by atoms with E-state index in [2.05, 4.69) is 10.6 Å². The lowest BCUT2D eigenvalue weighted by molar-refractivity contribution is -0.115. The summed E-state index contributed by atoms with van der Waals surface area (Å²) in [6, 6.07) is 17.0. The van der Waals surface area contributed by atoms with Crippen LogP contribution in [-0.2, 0) is 4.79 Å². The highest BCUT2D eigenvalue weighted by atomic mass is 35.5. The summed E-state index contributed by atoms with van der Waals surface area (Å²) in [5, 5.41) is 15.7. The molecule has 0 aliphatic carbocycles. The molecule has 122 valence electrons. The second-order valence-electron chi connectivity index (χ2n) is 5.27. The van der Waals surface area contributed by atoms with E-state index in [-0.39, 0.29) is 25.1 Å². The van der Waals surface area contributed by atoms with Gasteiger partial charge in [0.2, 0.25) is 5.91 Å². The fourth-order valence-electron chi connectivity index (χ4n) is 2.32. The van der Waals surface area contributed by atoms with Crippen molar-refractivity contribution in [2.45, 2.75) is 18.9 Å². The van der Waals surface area contributed by atoms with Crippen LogP contribution in [0.4, 0.5) is 5.69 Å². The van der Waals surface area contributed by atoms with Gasteiger partial charge in [-0.1, -0.05) is 41.9 Å². The van der Waals surface area contributed by atoms with Gasteiger partial charge < -0.3 is 15.7 Å². The van der Waals surface area contributed by atoms with Crippen LogP contribution in [0.5, 0.6) is 0 Å². The van der Waals surface area contributed by atoms with E-state index in [1.54, 1.807) is 24.3 Å². The number of rotatable bonds is 8. The molecule has 0 aromatic heterocycles. The summed E-state index contributed by atoms with van der Waals surface area (Å²) in [4.78, 5) is 12.1. The molecular formula is C18H21ClN2O2. The van der Waals surface area contributed by atoms with Gasteiger partial charge in [0, 0.05) is 23.4 Å². The van der Waals surface area contributed by atoms with Crippen molar-refractivity contribution in [3.8, 4) is 0 Å². The Morgan fingerprint density at radius 3 is 2.43 bits per heavy atom. The molecule has 0 heterocycles. The molecule has 1 atom stereocenters. The van der Waals surface area contributed by atoms with Crippen LogP contribution in [0.1, 0.15) is 24.4 Å². The Balaban J connectivity index is 1.89. The predicted octanol–water partition coefficient (Wildman–Crippen LogP) is 3.38. The van der Waals surface area contributed by atoms with Crippen molar-refractivity contribution in [1.82, 2.24) is 5.32 Å². The second-order valence-corrected chi connectivity index (χ2v) is 5.70. The van der Waals surface area contributed by atoms with Gasteiger partial charge in [-0.05, 0) is 42.7 Å². The van der Waals surface area contributed by atoms with E-state index in [4.69, 9.17) is 16.7 Å². The molecular weight excluding hydrogens is 312 g/mol. The molecule has 2 aromatic carbocycles. The maximum atomic E-state index is 12.1. The SMILES string of the molecule is O=C(CNC(CCCO)c1ccccc1)Nc1ccc(Cl)cc1.